The third kappa shape index (κ3) is 3.75. The summed E-state index contributed by atoms with van der Waals surface area (Å²) in [6, 6.07) is 10.4. The molecule has 1 aliphatic carbocycles. The molecule has 1 aromatic heterocycles. The summed E-state index contributed by atoms with van der Waals surface area (Å²) < 4.78 is 6.12. The molecule has 1 aromatic carbocycles. The fraction of sp³-hybridized carbons (Fsp3) is 0.474. The molecule has 6 nitrogen and oxygen atoms in total. The molecule has 25 heavy (non-hydrogen) atoms. The van der Waals surface area contributed by atoms with Crippen molar-refractivity contribution in [3.8, 4) is 0 Å². The number of aromatic nitrogens is 2. The van der Waals surface area contributed by atoms with Crippen LogP contribution in [0.2, 0.25) is 0 Å². The Hall–Kier alpha value is -2.18. The van der Waals surface area contributed by atoms with Gasteiger partial charge in [-0.3, -0.25) is 9.78 Å². The first-order chi connectivity index (χ1) is 12.3. The third-order valence-electron chi connectivity index (χ3n) is 5.03. The lowest BCUT2D eigenvalue weighted by molar-refractivity contribution is 0.0393. The van der Waals surface area contributed by atoms with Crippen LogP contribution in [0.25, 0.3) is 0 Å². The van der Waals surface area contributed by atoms with E-state index in [2.05, 4.69) is 32.7 Å². The number of anilines is 1. The van der Waals surface area contributed by atoms with Crippen molar-refractivity contribution in [1.82, 2.24) is 15.3 Å². The number of ether oxygens (including phenoxy) is 1. The lowest BCUT2D eigenvalue weighted by Gasteiger charge is -2.23. The molecule has 0 bridgehead atoms. The van der Waals surface area contributed by atoms with Gasteiger partial charge < -0.3 is 15.4 Å². The number of hydrogen-bond donors (Lipinski definition) is 3. The minimum atomic E-state index is -0.0197. The van der Waals surface area contributed by atoms with Gasteiger partial charge in [-0.25, -0.2) is 4.98 Å². The summed E-state index contributed by atoms with van der Waals surface area (Å²) in [6.07, 6.45) is 4.05. The molecule has 0 unspecified atom stereocenters. The van der Waals surface area contributed by atoms with Gasteiger partial charge in [0.25, 0.3) is 5.56 Å². The van der Waals surface area contributed by atoms with E-state index < -0.39 is 0 Å². The van der Waals surface area contributed by atoms with E-state index in [0.29, 0.717) is 19.1 Å². The van der Waals surface area contributed by atoms with E-state index in [-0.39, 0.29) is 17.7 Å². The Bertz CT molecular complexity index is 775. The van der Waals surface area contributed by atoms with Crippen LogP contribution in [0.3, 0.4) is 0 Å². The quantitative estimate of drug-likeness (QED) is 0.775. The van der Waals surface area contributed by atoms with E-state index in [4.69, 9.17) is 4.74 Å². The van der Waals surface area contributed by atoms with Crippen LogP contribution in [0.5, 0.6) is 0 Å². The van der Waals surface area contributed by atoms with Crippen LogP contribution in [-0.2, 0) is 24.3 Å². The number of hydrogen-bond acceptors (Lipinski definition) is 5. The van der Waals surface area contributed by atoms with Crippen LogP contribution < -0.4 is 16.2 Å². The van der Waals surface area contributed by atoms with Crippen molar-refractivity contribution in [3.05, 3.63) is 57.5 Å². The SMILES string of the molecule is O=c1[nH]c(N[C@@H]2CCC[C@H]2OCc2ccccc2)nc2c1CCNC2. The molecule has 6 heteroatoms. The van der Waals surface area contributed by atoms with Crippen LogP contribution >= 0.6 is 0 Å². The second-order valence-corrected chi connectivity index (χ2v) is 6.78. The molecule has 1 fully saturated rings. The van der Waals surface area contributed by atoms with Gasteiger partial charge in [0.05, 0.1) is 24.4 Å². The van der Waals surface area contributed by atoms with Crippen molar-refractivity contribution >= 4 is 5.95 Å². The molecule has 0 saturated heterocycles. The summed E-state index contributed by atoms with van der Waals surface area (Å²) >= 11 is 0. The van der Waals surface area contributed by atoms with Gasteiger partial charge in [0.2, 0.25) is 5.95 Å². The first-order valence-corrected chi connectivity index (χ1v) is 9.04. The number of benzene rings is 1. The van der Waals surface area contributed by atoms with Crippen molar-refractivity contribution in [2.45, 2.75) is 51.0 Å². The second-order valence-electron chi connectivity index (χ2n) is 6.78. The lowest BCUT2D eigenvalue weighted by atomic mass is 10.1. The number of H-pyrrole nitrogens is 1. The third-order valence-corrected chi connectivity index (χ3v) is 5.03. The highest BCUT2D eigenvalue weighted by Gasteiger charge is 2.29. The van der Waals surface area contributed by atoms with Crippen LogP contribution in [0.1, 0.15) is 36.1 Å². The smallest absolute Gasteiger partial charge is 0.255 e. The number of aromatic amines is 1. The topological polar surface area (TPSA) is 79.0 Å². The predicted octanol–water partition coefficient (Wildman–Crippen LogP) is 1.97. The van der Waals surface area contributed by atoms with E-state index in [1.807, 2.05) is 18.2 Å². The van der Waals surface area contributed by atoms with Crippen LogP contribution in [0, 0.1) is 0 Å². The Balaban J connectivity index is 1.43. The summed E-state index contributed by atoms with van der Waals surface area (Å²) in [5, 5.41) is 6.67. The summed E-state index contributed by atoms with van der Waals surface area (Å²) in [5.41, 5.74) is 2.83. The van der Waals surface area contributed by atoms with E-state index in [9.17, 15) is 4.79 Å². The molecule has 1 aliphatic heterocycles. The van der Waals surface area contributed by atoms with Gasteiger partial charge in [-0.1, -0.05) is 30.3 Å². The van der Waals surface area contributed by atoms with Crippen molar-refractivity contribution in [1.29, 1.82) is 0 Å². The zero-order valence-electron chi connectivity index (χ0n) is 14.3. The fourth-order valence-corrected chi connectivity index (χ4v) is 3.68. The number of nitrogens with zero attached hydrogens (tertiary/aromatic N) is 1. The molecular weight excluding hydrogens is 316 g/mol. The van der Waals surface area contributed by atoms with Crippen molar-refractivity contribution in [3.63, 3.8) is 0 Å². The zero-order valence-corrected chi connectivity index (χ0v) is 14.3. The maximum Gasteiger partial charge on any atom is 0.255 e. The first kappa shape index (κ1) is 16.3. The highest BCUT2D eigenvalue weighted by atomic mass is 16.5. The molecule has 0 radical (unpaired) electrons. The van der Waals surface area contributed by atoms with Gasteiger partial charge in [-0.15, -0.1) is 0 Å². The average Bonchev–Trinajstić information content (AvgIpc) is 3.08. The standard InChI is InChI=1S/C19H24N4O2/c24-18-14-9-10-20-11-16(14)22-19(23-18)21-15-7-4-8-17(15)25-12-13-5-2-1-3-6-13/h1-3,5-6,15,17,20H,4,7-12H2,(H2,21,22,23,24)/t15-,17-/m1/s1. The number of nitrogens with one attached hydrogen (secondary N) is 3. The minimum absolute atomic E-state index is 0.0197. The molecule has 2 atom stereocenters. The first-order valence-electron chi connectivity index (χ1n) is 9.04. The van der Waals surface area contributed by atoms with E-state index in [1.165, 1.54) is 5.56 Å². The Morgan fingerprint density at radius 3 is 3.00 bits per heavy atom. The van der Waals surface area contributed by atoms with Gasteiger partial charge >= 0.3 is 0 Å². The highest BCUT2D eigenvalue weighted by molar-refractivity contribution is 5.32. The summed E-state index contributed by atoms with van der Waals surface area (Å²) in [6.45, 7) is 2.11. The maximum absolute atomic E-state index is 12.3. The van der Waals surface area contributed by atoms with Crippen LogP contribution in [-0.4, -0.2) is 28.7 Å². The van der Waals surface area contributed by atoms with Gasteiger partial charge in [0.1, 0.15) is 0 Å². The lowest BCUT2D eigenvalue weighted by Crippen LogP contribution is -2.35. The molecule has 4 rings (SSSR count). The van der Waals surface area contributed by atoms with Gasteiger partial charge in [-0.05, 0) is 37.8 Å². The van der Waals surface area contributed by atoms with E-state index >= 15 is 0 Å². The molecule has 0 amide bonds. The molecule has 3 N–H and O–H groups in total. The Labute approximate surface area is 147 Å². The van der Waals surface area contributed by atoms with Crippen molar-refractivity contribution in [2.75, 3.05) is 11.9 Å². The Kier molecular flexibility index (Phi) is 4.81. The monoisotopic (exact) mass is 340 g/mol. The van der Waals surface area contributed by atoms with Crippen LogP contribution in [0.15, 0.2) is 35.1 Å². The average molecular weight is 340 g/mol. The molecule has 132 valence electrons. The summed E-state index contributed by atoms with van der Waals surface area (Å²) in [7, 11) is 0. The largest absolute Gasteiger partial charge is 0.371 e. The van der Waals surface area contributed by atoms with Gasteiger partial charge in [-0.2, -0.15) is 0 Å². The molecule has 2 heterocycles. The molecule has 2 aliphatic rings. The van der Waals surface area contributed by atoms with Gasteiger partial charge in [0.15, 0.2) is 0 Å². The van der Waals surface area contributed by atoms with E-state index in [0.717, 1.165) is 43.5 Å². The van der Waals surface area contributed by atoms with Crippen LogP contribution in [0.4, 0.5) is 5.95 Å². The fourth-order valence-electron chi connectivity index (χ4n) is 3.68. The normalized spacial score (nSPS) is 22.6. The molecule has 0 spiro atoms. The van der Waals surface area contributed by atoms with Gasteiger partial charge in [0, 0.05) is 12.1 Å². The summed E-state index contributed by atoms with van der Waals surface area (Å²) in [5.74, 6) is 0.563. The second kappa shape index (κ2) is 7.37. The van der Waals surface area contributed by atoms with Crippen molar-refractivity contribution in [2.24, 2.45) is 0 Å². The predicted molar refractivity (Wildman–Crippen MR) is 96.5 cm³/mol. The number of rotatable bonds is 5. The molecule has 1 saturated carbocycles. The maximum atomic E-state index is 12.3. The Morgan fingerprint density at radius 2 is 2.12 bits per heavy atom. The molecule has 2 aromatic rings. The Morgan fingerprint density at radius 1 is 1.24 bits per heavy atom. The highest BCUT2D eigenvalue weighted by Crippen LogP contribution is 2.25. The van der Waals surface area contributed by atoms with Crippen molar-refractivity contribution < 1.29 is 4.74 Å². The minimum Gasteiger partial charge on any atom is -0.371 e. The summed E-state index contributed by atoms with van der Waals surface area (Å²) in [4.78, 5) is 19.8. The van der Waals surface area contributed by atoms with E-state index in [1.54, 1.807) is 0 Å². The molecular formula is C19H24N4O2. The zero-order chi connectivity index (χ0) is 17.1. The number of fused-ring (bicyclic) bond motifs is 1.